The van der Waals surface area contributed by atoms with Gasteiger partial charge in [-0.05, 0) is 6.92 Å². The highest BCUT2D eigenvalue weighted by Crippen LogP contribution is 2.10. The fourth-order valence-electron chi connectivity index (χ4n) is 1.26. The van der Waals surface area contributed by atoms with Gasteiger partial charge in [0.2, 0.25) is 0 Å². The molecule has 2 heterocycles. The van der Waals surface area contributed by atoms with E-state index < -0.39 is 0 Å². The molecule has 2 aromatic heterocycles. The molecule has 2 aromatic rings. The lowest BCUT2D eigenvalue weighted by molar-refractivity contribution is 0.622. The highest BCUT2D eigenvalue weighted by molar-refractivity contribution is 5.41. The average molecular weight is 206 g/mol. The number of hydrogen-bond acceptors (Lipinski definition) is 3. The van der Waals surface area contributed by atoms with Gasteiger partial charge in [0.05, 0.1) is 24.3 Å². The first kappa shape index (κ1) is 9.64. The molecule has 2 rings (SSSR count). The van der Waals surface area contributed by atoms with Gasteiger partial charge < -0.3 is 5.32 Å². The number of nitrogens with one attached hydrogen (secondary N) is 2. The van der Waals surface area contributed by atoms with Gasteiger partial charge >= 0.3 is 0 Å². The van der Waals surface area contributed by atoms with E-state index in [-0.39, 0.29) is 5.82 Å². The van der Waals surface area contributed by atoms with Gasteiger partial charge in [-0.15, -0.1) is 0 Å². The molecular weight excluding hydrogens is 195 g/mol. The van der Waals surface area contributed by atoms with Crippen LogP contribution in [0.15, 0.2) is 24.7 Å². The third-order valence-electron chi connectivity index (χ3n) is 2.12. The van der Waals surface area contributed by atoms with E-state index in [1.807, 2.05) is 6.92 Å². The van der Waals surface area contributed by atoms with E-state index in [1.165, 1.54) is 12.3 Å². The molecule has 0 radical (unpaired) electrons. The first-order chi connectivity index (χ1) is 7.25. The van der Waals surface area contributed by atoms with E-state index in [0.29, 0.717) is 12.2 Å². The second kappa shape index (κ2) is 4.08. The number of hydrogen-bond donors (Lipinski definition) is 2. The number of nitrogens with zero attached hydrogens (tertiary/aromatic N) is 2. The number of aryl methyl sites for hydroxylation is 1. The molecule has 0 aliphatic heterocycles. The summed E-state index contributed by atoms with van der Waals surface area (Å²) in [7, 11) is 0. The monoisotopic (exact) mass is 206 g/mol. The molecule has 0 fully saturated rings. The van der Waals surface area contributed by atoms with E-state index in [0.717, 1.165) is 11.3 Å². The zero-order valence-electron chi connectivity index (χ0n) is 8.29. The zero-order chi connectivity index (χ0) is 10.7. The molecule has 4 nitrogen and oxygen atoms in total. The summed E-state index contributed by atoms with van der Waals surface area (Å²) in [6.07, 6.45) is 4.50. The van der Waals surface area contributed by atoms with Crippen molar-refractivity contribution in [2.24, 2.45) is 0 Å². The van der Waals surface area contributed by atoms with Gasteiger partial charge in [0.25, 0.3) is 0 Å². The van der Waals surface area contributed by atoms with Crippen LogP contribution < -0.4 is 5.32 Å². The van der Waals surface area contributed by atoms with E-state index in [9.17, 15) is 4.39 Å². The molecule has 0 saturated carbocycles. The Bertz CT molecular complexity index is 452. The molecular formula is C10H11FN4. The van der Waals surface area contributed by atoms with Crippen LogP contribution in [0.1, 0.15) is 11.3 Å². The van der Waals surface area contributed by atoms with Crippen LogP contribution in [-0.4, -0.2) is 15.2 Å². The number of H-pyrrole nitrogens is 1. The molecule has 0 aromatic carbocycles. The van der Waals surface area contributed by atoms with Crippen LogP contribution in [0.3, 0.4) is 0 Å². The molecule has 78 valence electrons. The third kappa shape index (κ3) is 2.31. The smallest absolute Gasteiger partial charge is 0.143 e. The van der Waals surface area contributed by atoms with Gasteiger partial charge in [-0.3, -0.25) is 10.1 Å². The van der Waals surface area contributed by atoms with Gasteiger partial charge in [-0.25, -0.2) is 4.39 Å². The predicted octanol–water partition coefficient (Wildman–Crippen LogP) is 1.86. The number of pyridine rings is 1. The molecule has 15 heavy (non-hydrogen) atoms. The van der Waals surface area contributed by atoms with Gasteiger partial charge in [-0.1, -0.05) is 0 Å². The van der Waals surface area contributed by atoms with Crippen molar-refractivity contribution in [3.63, 3.8) is 0 Å². The number of anilines is 1. The molecule has 0 bridgehead atoms. The van der Waals surface area contributed by atoms with E-state index >= 15 is 0 Å². The van der Waals surface area contributed by atoms with Crippen LogP contribution in [0, 0.1) is 12.7 Å². The maximum Gasteiger partial charge on any atom is 0.143 e. The molecule has 0 saturated heterocycles. The molecule has 0 aliphatic rings. The second-order valence-corrected chi connectivity index (χ2v) is 3.27. The number of aromatic nitrogens is 3. The van der Waals surface area contributed by atoms with Gasteiger partial charge in [0, 0.05) is 23.9 Å². The summed E-state index contributed by atoms with van der Waals surface area (Å²) in [5, 5.41) is 9.80. The number of aromatic amines is 1. The standard InChI is InChI=1S/C10H11FN4/c1-7-8(4-14-15-7)3-13-10-2-9(11)5-12-6-10/h2,4-6,13H,3H2,1H3,(H,14,15). The fraction of sp³-hybridized carbons (Fsp3) is 0.200. The molecule has 5 heteroatoms. The van der Waals surface area contributed by atoms with Crippen LogP contribution >= 0.6 is 0 Å². The lowest BCUT2D eigenvalue weighted by atomic mass is 10.2. The minimum atomic E-state index is -0.344. The van der Waals surface area contributed by atoms with Crippen LogP contribution in [0.4, 0.5) is 10.1 Å². The quantitative estimate of drug-likeness (QED) is 0.806. The summed E-state index contributed by atoms with van der Waals surface area (Å²) in [6.45, 7) is 2.54. The maximum absolute atomic E-state index is 12.8. The predicted molar refractivity (Wildman–Crippen MR) is 54.8 cm³/mol. The van der Waals surface area contributed by atoms with Crippen molar-refractivity contribution < 1.29 is 4.39 Å². The molecule has 0 atom stereocenters. The van der Waals surface area contributed by atoms with Crippen molar-refractivity contribution in [2.45, 2.75) is 13.5 Å². The van der Waals surface area contributed by atoms with Gasteiger partial charge in [0.1, 0.15) is 5.82 Å². The first-order valence-corrected chi connectivity index (χ1v) is 4.59. The van der Waals surface area contributed by atoms with E-state index in [1.54, 1.807) is 12.4 Å². The van der Waals surface area contributed by atoms with Crippen molar-refractivity contribution >= 4 is 5.69 Å². The lowest BCUT2D eigenvalue weighted by Gasteiger charge is -2.04. The SMILES string of the molecule is Cc1[nH]ncc1CNc1cncc(F)c1. The Morgan fingerprint density at radius 2 is 2.27 bits per heavy atom. The Morgan fingerprint density at radius 1 is 1.40 bits per heavy atom. The van der Waals surface area contributed by atoms with Crippen molar-refractivity contribution in [1.29, 1.82) is 0 Å². The van der Waals surface area contributed by atoms with Gasteiger partial charge in [-0.2, -0.15) is 5.10 Å². The molecule has 0 aliphatic carbocycles. The van der Waals surface area contributed by atoms with E-state index in [2.05, 4.69) is 20.5 Å². The summed E-state index contributed by atoms with van der Waals surface area (Å²) in [5.41, 5.74) is 2.72. The van der Waals surface area contributed by atoms with Crippen LogP contribution in [0.2, 0.25) is 0 Å². The maximum atomic E-state index is 12.8. The van der Waals surface area contributed by atoms with Gasteiger partial charge in [0.15, 0.2) is 0 Å². The summed E-state index contributed by atoms with van der Waals surface area (Å²) in [5.74, 6) is -0.344. The Hall–Kier alpha value is -1.91. The Kier molecular flexibility index (Phi) is 2.62. The van der Waals surface area contributed by atoms with Crippen molar-refractivity contribution in [3.8, 4) is 0 Å². The third-order valence-corrected chi connectivity index (χ3v) is 2.12. The minimum absolute atomic E-state index is 0.344. The van der Waals surface area contributed by atoms with E-state index in [4.69, 9.17) is 0 Å². The molecule has 0 amide bonds. The largest absolute Gasteiger partial charge is 0.380 e. The van der Waals surface area contributed by atoms with Crippen molar-refractivity contribution in [2.75, 3.05) is 5.32 Å². The fourth-order valence-corrected chi connectivity index (χ4v) is 1.26. The van der Waals surface area contributed by atoms with Crippen LogP contribution in [0.25, 0.3) is 0 Å². The lowest BCUT2D eigenvalue weighted by Crippen LogP contribution is -2.00. The summed E-state index contributed by atoms with van der Waals surface area (Å²) >= 11 is 0. The highest BCUT2D eigenvalue weighted by atomic mass is 19.1. The minimum Gasteiger partial charge on any atom is -0.380 e. The molecule has 0 unspecified atom stereocenters. The normalized spacial score (nSPS) is 10.3. The molecule has 0 spiro atoms. The number of rotatable bonds is 3. The van der Waals surface area contributed by atoms with Crippen LogP contribution in [-0.2, 0) is 6.54 Å². The van der Waals surface area contributed by atoms with Crippen LogP contribution in [0.5, 0.6) is 0 Å². The first-order valence-electron chi connectivity index (χ1n) is 4.59. The average Bonchev–Trinajstić information content (AvgIpc) is 2.61. The molecule has 2 N–H and O–H groups in total. The van der Waals surface area contributed by atoms with Crippen molar-refractivity contribution in [3.05, 3.63) is 41.7 Å². The Balaban J connectivity index is 2.02. The Labute approximate surface area is 86.6 Å². The Morgan fingerprint density at radius 3 is 2.93 bits per heavy atom. The number of halogens is 1. The summed E-state index contributed by atoms with van der Waals surface area (Å²) in [4.78, 5) is 3.75. The topological polar surface area (TPSA) is 53.6 Å². The van der Waals surface area contributed by atoms with Crippen molar-refractivity contribution in [1.82, 2.24) is 15.2 Å². The zero-order valence-corrected chi connectivity index (χ0v) is 8.29. The highest BCUT2D eigenvalue weighted by Gasteiger charge is 2.00. The summed E-state index contributed by atoms with van der Waals surface area (Å²) < 4.78 is 12.8. The second-order valence-electron chi connectivity index (χ2n) is 3.27. The summed E-state index contributed by atoms with van der Waals surface area (Å²) in [6, 6.07) is 1.41.